The van der Waals surface area contributed by atoms with Gasteiger partial charge in [-0.15, -0.1) is 0 Å². The number of rotatable bonds is 4. The first-order valence-corrected chi connectivity index (χ1v) is 7.65. The Bertz CT molecular complexity index is 570. The minimum Gasteiger partial charge on any atom is -0.482 e. The van der Waals surface area contributed by atoms with Crippen molar-refractivity contribution in [1.82, 2.24) is 10.2 Å². The van der Waals surface area contributed by atoms with Gasteiger partial charge in [-0.25, -0.2) is 0 Å². The summed E-state index contributed by atoms with van der Waals surface area (Å²) in [4.78, 5) is 27.8. The number of hydrogen-bond donors (Lipinski definition) is 1. The molecule has 0 saturated carbocycles. The summed E-state index contributed by atoms with van der Waals surface area (Å²) in [7, 11) is 1.84. The Morgan fingerprint density at radius 2 is 2.27 bits per heavy atom. The molecule has 118 valence electrons. The Kier molecular flexibility index (Phi) is 4.29. The number of ether oxygens (including phenoxy) is 1. The van der Waals surface area contributed by atoms with Crippen LogP contribution in [0.2, 0.25) is 0 Å². The first-order chi connectivity index (χ1) is 10.7. The molecule has 1 fully saturated rings. The zero-order valence-corrected chi connectivity index (χ0v) is 12.7. The van der Waals surface area contributed by atoms with E-state index in [0.29, 0.717) is 18.7 Å². The van der Waals surface area contributed by atoms with Gasteiger partial charge in [-0.05, 0) is 25.1 Å². The van der Waals surface area contributed by atoms with E-state index in [-0.39, 0.29) is 24.5 Å². The molecule has 2 amide bonds. The van der Waals surface area contributed by atoms with Crippen molar-refractivity contribution >= 4 is 17.5 Å². The highest BCUT2D eigenvalue weighted by molar-refractivity contribution is 5.98. The van der Waals surface area contributed by atoms with Crippen molar-refractivity contribution in [2.45, 2.75) is 18.9 Å². The number of carbonyl (C=O) groups is 2. The largest absolute Gasteiger partial charge is 0.482 e. The minimum atomic E-state index is -0.100. The maximum atomic E-state index is 12.3. The molecular formula is C16H21N3O3. The van der Waals surface area contributed by atoms with Gasteiger partial charge in [-0.2, -0.15) is 0 Å². The molecule has 1 unspecified atom stereocenters. The number of nitrogens with one attached hydrogen (secondary N) is 1. The molecule has 6 nitrogen and oxygen atoms in total. The quantitative estimate of drug-likeness (QED) is 0.886. The number of likely N-dealkylation sites (N-methyl/N-ethyl adjacent to an activating group) is 1. The van der Waals surface area contributed by atoms with E-state index in [9.17, 15) is 9.59 Å². The second-order valence-electron chi connectivity index (χ2n) is 5.70. The average Bonchev–Trinajstić information content (AvgIpc) is 3.07. The molecule has 2 aliphatic heterocycles. The van der Waals surface area contributed by atoms with E-state index in [1.165, 1.54) is 0 Å². The van der Waals surface area contributed by atoms with E-state index in [1.807, 2.05) is 31.3 Å². The van der Waals surface area contributed by atoms with E-state index in [4.69, 9.17) is 4.74 Å². The van der Waals surface area contributed by atoms with E-state index >= 15 is 0 Å². The predicted octanol–water partition coefficient (Wildman–Crippen LogP) is 0.622. The third-order valence-electron chi connectivity index (χ3n) is 4.33. The summed E-state index contributed by atoms with van der Waals surface area (Å²) in [6.07, 6.45) is 1.31. The second-order valence-corrected chi connectivity index (χ2v) is 5.70. The van der Waals surface area contributed by atoms with Gasteiger partial charge in [-0.3, -0.25) is 9.59 Å². The summed E-state index contributed by atoms with van der Waals surface area (Å²) in [6.45, 7) is 2.23. The van der Waals surface area contributed by atoms with Crippen LogP contribution in [0.1, 0.15) is 12.8 Å². The second kappa shape index (κ2) is 6.36. The van der Waals surface area contributed by atoms with Gasteiger partial charge in [0, 0.05) is 32.6 Å². The van der Waals surface area contributed by atoms with E-state index in [2.05, 4.69) is 5.32 Å². The number of para-hydroxylation sites is 2. The Hall–Kier alpha value is -2.08. The molecule has 1 aromatic rings. The van der Waals surface area contributed by atoms with Crippen molar-refractivity contribution in [2.24, 2.45) is 0 Å². The van der Waals surface area contributed by atoms with Crippen molar-refractivity contribution in [3.8, 4) is 5.75 Å². The smallest absolute Gasteiger partial charge is 0.265 e. The highest BCUT2D eigenvalue weighted by Gasteiger charge is 2.27. The number of benzene rings is 1. The van der Waals surface area contributed by atoms with Crippen LogP contribution >= 0.6 is 0 Å². The van der Waals surface area contributed by atoms with Crippen LogP contribution in [0.25, 0.3) is 0 Å². The molecule has 0 radical (unpaired) electrons. The van der Waals surface area contributed by atoms with Crippen LogP contribution in [0.3, 0.4) is 0 Å². The van der Waals surface area contributed by atoms with E-state index in [0.717, 1.165) is 25.2 Å². The van der Waals surface area contributed by atoms with Gasteiger partial charge in [0.05, 0.1) is 5.69 Å². The summed E-state index contributed by atoms with van der Waals surface area (Å²) in [6, 6.07) is 7.69. The van der Waals surface area contributed by atoms with Crippen LogP contribution in [0.15, 0.2) is 24.3 Å². The van der Waals surface area contributed by atoms with Gasteiger partial charge >= 0.3 is 0 Å². The highest BCUT2D eigenvalue weighted by atomic mass is 16.5. The standard InChI is InChI=1S/C16H21N3O3/c1-18(12-6-8-17-10-12)15(20)7-9-19-13-4-2-3-5-14(13)22-11-16(19)21/h2-5,12,17H,6-11H2,1H3. The summed E-state index contributed by atoms with van der Waals surface area (Å²) < 4.78 is 5.41. The molecule has 1 N–H and O–H groups in total. The molecule has 6 heteroatoms. The average molecular weight is 303 g/mol. The van der Waals surface area contributed by atoms with Crippen molar-refractivity contribution in [2.75, 3.05) is 38.2 Å². The predicted molar refractivity (Wildman–Crippen MR) is 83.0 cm³/mol. The Balaban J connectivity index is 1.63. The van der Waals surface area contributed by atoms with Crippen LogP contribution < -0.4 is 15.0 Å². The number of anilines is 1. The van der Waals surface area contributed by atoms with Crippen molar-refractivity contribution in [3.05, 3.63) is 24.3 Å². The molecule has 0 aromatic heterocycles. The molecule has 2 heterocycles. The molecule has 0 spiro atoms. The maximum absolute atomic E-state index is 12.3. The molecule has 1 atom stereocenters. The van der Waals surface area contributed by atoms with Gasteiger partial charge in [-0.1, -0.05) is 12.1 Å². The van der Waals surface area contributed by atoms with Gasteiger partial charge < -0.3 is 19.9 Å². The van der Waals surface area contributed by atoms with Crippen LogP contribution in [-0.4, -0.2) is 56.0 Å². The number of carbonyl (C=O) groups excluding carboxylic acids is 2. The normalized spacial score (nSPS) is 20.5. The summed E-state index contributed by atoms with van der Waals surface area (Å²) in [5.74, 6) is 0.671. The lowest BCUT2D eigenvalue weighted by Crippen LogP contribution is -2.43. The molecule has 1 aromatic carbocycles. The topological polar surface area (TPSA) is 61.9 Å². The summed E-state index contributed by atoms with van der Waals surface area (Å²) in [5.41, 5.74) is 0.747. The molecule has 0 bridgehead atoms. The van der Waals surface area contributed by atoms with Crippen LogP contribution in [0.4, 0.5) is 5.69 Å². The first-order valence-electron chi connectivity index (χ1n) is 7.65. The molecular weight excluding hydrogens is 282 g/mol. The molecule has 2 aliphatic rings. The lowest BCUT2D eigenvalue weighted by molar-refractivity contribution is -0.131. The highest BCUT2D eigenvalue weighted by Crippen LogP contribution is 2.31. The summed E-state index contributed by atoms with van der Waals surface area (Å²) in [5, 5.41) is 3.26. The Labute approximate surface area is 130 Å². The third kappa shape index (κ3) is 2.92. The van der Waals surface area contributed by atoms with Gasteiger partial charge in [0.1, 0.15) is 5.75 Å². The number of amides is 2. The lowest BCUT2D eigenvalue weighted by Gasteiger charge is -2.30. The Morgan fingerprint density at radius 3 is 3.05 bits per heavy atom. The molecule has 3 rings (SSSR count). The van der Waals surface area contributed by atoms with Crippen LogP contribution in [0, 0.1) is 0 Å². The fraction of sp³-hybridized carbons (Fsp3) is 0.500. The Morgan fingerprint density at radius 1 is 1.45 bits per heavy atom. The van der Waals surface area contributed by atoms with Crippen molar-refractivity contribution in [3.63, 3.8) is 0 Å². The fourth-order valence-electron chi connectivity index (χ4n) is 2.96. The monoisotopic (exact) mass is 303 g/mol. The summed E-state index contributed by atoms with van der Waals surface area (Å²) >= 11 is 0. The van der Waals surface area contributed by atoms with Gasteiger partial charge in [0.2, 0.25) is 5.91 Å². The van der Waals surface area contributed by atoms with Crippen LogP contribution in [0.5, 0.6) is 5.75 Å². The van der Waals surface area contributed by atoms with Crippen molar-refractivity contribution in [1.29, 1.82) is 0 Å². The minimum absolute atomic E-state index is 0.0353. The van der Waals surface area contributed by atoms with Gasteiger partial charge in [0.25, 0.3) is 5.91 Å². The molecule has 22 heavy (non-hydrogen) atoms. The van der Waals surface area contributed by atoms with Crippen molar-refractivity contribution < 1.29 is 14.3 Å². The number of nitrogens with zero attached hydrogens (tertiary/aromatic N) is 2. The fourth-order valence-corrected chi connectivity index (χ4v) is 2.96. The van der Waals surface area contributed by atoms with E-state index < -0.39 is 0 Å². The number of fused-ring (bicyclic) bond motifs is 1. The number of hydrogen-bond acceptors (Lipinski definition) is 4. The maximum Gasteiger partial charge on any atom is 0.265 e. The van der Waals surface area contributed by atoms with Gasteiger partial charge in [0.15, 0.2) is 6.61 Å². The van der Waals surface area contributed by atoms with E-state index in [1.54, 1.807) is 9.80 Å². The molecule has 1 saturated heterocycles. The zero-order valence-electron chi connectivity index (χ0n) is 12.7. The first kappa shape index (κ1) is 14.8. The lowest BCUT2D eigenvalue weighted by atomic mass is 10.2. The third-order valence-corrected chi connectivity index (χ3v) is 4.33. The zero-order chi connectivity index (χ0) is 15.5. The molecule has 0 aliphatic carbocycles. The van der Waals surface area contributed by atoms with Crippen LogP contribution in [-0.2, 0) is 9.59 Å². The SMILES string of the molecule is CN(C(=O)CCN1C(=O)COc2ccccc21)C1CCNC1.